The van der Waals surface area contributed by atoms with Crippen molar-refractivity contribution in [1.29, 1.82) is 0 Å². The van der Waals surface area contributed by atoms with E-state index in [0.29, 0.717) is 36.9 Å². The van der Waals surface area contributed by atoms with Crippen LogP contribution in [0.3, 0.4) is 0 Å². The summed E-state index contributed by atoms with van der Waals surface area (Å²) < 4.78 is 38.1. The molecule has 0 unspecified atom stereocenters. The molecule has 0 aromatic heterocycles. The summed E-state index contributed by atoms with van der Waals surface area (Å²) in [5.74, 6) is 0.604. The van der Waals surface area contributed by atoms with Crippen molar-refractivity contribution in [1.82, 2.24) is 4.31 Å². The Morgan fingerprint density at radius 3 is 2.31 bits per heavy atom. The summed E-state index contributed by atoms with van der Waals surface area (Å²) in [4.78, 5) is 12.5. The molecule has 0 fully saturated rings. The minimum Gasteiger partial charge on any atom is -0.492 e. The third-order valence-corrected chi connectivity index (χ3v) is 6.37. The van der Waals surface area contributed by atoms with Gasteiger partial charge in [0.05, 0.1) is 17.2 Å². The maximum atomic E-state index is 12.8. The molecular weight excluding hydrogens is 392 g/mol. The van der Waals surface area contributed by atoms with Crippen LogP contribution in [0.15, 0.2) is 47.4 Å². The molecule has 0 radical (unpaired) electrons. The number of carbonyl (C=O) groups is 1. The molecule has 8 heteroatoms. The van der Waals surface area contributed by atoms with Gasteiger partial charge in [-0.05, 0) is 43.7 Å². The monoisotopic (exact) mass is 420 g/mol. The Hall–Kier alpha value is -2.58. The highest BCUT2D eigenvalue weighted by Crippen LogP contribution is 2.29. The first-order valence-corrected chi connectivity index (χ1v) is 11.0. The van der Waals surface area contributed by atoms with Crippen LogP contribution in [0, 0.1) is 6.92 Å². The fraction of sp³-hybridized carbons (Fsp3) is 0.381. The van der Waals surface area contributed by atoms with Gasteiger partial charge in [-0.25, -0.2) is 8.42 Å². The third kappa shape index (κ3) is 5.71. The molecule has 158 valence electrons. The van der Waals surface area contributed by atoms with E-state index in [9.17, 15) is 13.2 Å². The van der Waals surface area contributed by atoms with Crippen molar-refractivity contribution >= 4 is 21.6 Å². The molecule has 0 heterocycles. The number of aryl methyl sites for hydroxylation is 1. The SMILES string of the molecule is CCOc1ccc(S(=O)(=O)N(CC)CC)cc1NC(=O)COc1ccccc1C. The molecule has 0 aliphatic heterocycles. The molecule has 0 aliphatic carbocycles. The topological polar surface area (TPSA) is 84.9 Å². The summed E-state index contributed by atoms with van der Waals surface area (Å²) in [6.07, 6.45) is 0. The quantitative estimate of drug-likeness (QED) is 0.636. The summed E-state index contributed by atoms with van der Waals surface area (Å²) in [5, 5.41) is 2.70. The highest BCUT2D eigenvalue weighted by atomic mass is 32.2. The minimum atomic E-state index is -3.66. The summed E-state index contributed by atoms with van der Waals surface area (Å²) in [5.41, 5.74) is 1.21. The van der Waals surface area contributed by atoms with Gasteiger partial charge in [0.1, 0.15) is 11.5 Å². The lowest BCUT2D eigenvalue weighted by Gasteiger charge is -2.20. The highest BCUT2D eigenvalue weighted by Gasteiger charge is 2.23. The number of sulfonamides is 1. The number of carbonyl (C=O) groups excluding carboxylic acids is 1. The van der Waals surface area contributed by atoms with E-state index in [4.69, 9.17) is 9.47 Å². The van der Waals surface area contributed by atoms with E-state index in [1.807, 2.05) is 32.0 Å². The molecule has 0 aliphatic rings. The van der Waals surface area contributed by atoms with E-state index < -0.39 is 15.9 Å². The molecule has 2 aromatic carbocycles. The van der Waals surface area contributed by atoms with Gasteiger partial charge in [-0.2, -0.15) is 4.31 Å². The average molecular weight is 421 g/mol. The molecule has 2 aromatic rings. The summed E-state index contributed by atoms with van der Waals surface area (Å²) in [6, 6.07) is 11.8. The first kappa shape index (κ1) is 22.7. The van der Waals surface area contributed by atoms with Gasteiger partial charge in [-0.3, -0.25) is 4.79 Å². The number of anilines is 1. The van der Waals surface area contributed by atoms with Crippen molar-refractivity contribution in [3.63, 3.8) is 0 Å². The molecule has 1 N–H and O–H groups in total. The van der Waals surface area contributed by atoms with Gasteiger partial charge in [0.15, 0.2) is 6.61 Å². The Balaban J connectivity index is 2.23. The van der Waals surface area contributed by atoms with Crippen LogP contribution in [0.25, 0.3) is 0 Å². The molecule has 2 rings (SSSR count). The van der Waals surface area contributed by atoms with Gasteiger partial charge < -0.3 is 14.8 Å². The minimum absolute atomic E-state index is 0.0970. The first-order valence-electron chi connectivity index (χ1n) is 9.58. The Labute approximate surface area is 172 Å². The number of hydrogen-bond acceptors (Lipinski definition) is 5. The molecule has 29 heavy (non-hydrogen) atoms. The van der Waals surface area contributed by atoms with Crippen LogP contribution < -0.4 is 14.8 Å². The van der Waals surface area contributed by atoms with E-state index in [-0.39, 0.29) is 11.5 Å². The highest BCUT2D eigenvalue weighted by molar-refractivity contribution is 7.89. The van der Waals surface area contributed by atoms with E-state index in [0.717, 1.165) is 5.56 Å². The number of ether oxygens (including phenoxy) is 2. The lowest BCUT2D eigenvalue weighted by molar-refractivity contribution is -0.118. The van der Waals surface area contributed by atoms with Crippen LogP contribution in [0.2, 0.25) is 0 Å². The second kappa shape index (κ2) is 10.3. The summed E-state index contributed by atoms with van der Waals surface area (Å²) in [7, 11) is -3.66. The van der Waals surface area contributed by atoms with Crippen LogP contribution >= 0.6 is 0 Å². The van der Waals surface area contributed by atoms with Crippen molar-refractivity contribution in [2.75, 3.05) is 31.6 Å². The standard InChI is InChI=1S/C21H28N2O5S/c1-5-23(6-2)29(25,26)17-12-13-20(27-7-3)18(14-17)22-21(24)15-28-19-11-9-8-10-16(19)4/h8-14H,5-7,15H2,1-4H3,(H,22,24). The first-order chi connectivity index (χ1) is 13.8. The van der Waals surface area contributed by atoms with Gasteiger partial charge >= 0.3 is 0 Å². The Morgan fingerprint density at radius 2 is 1.69 bits per heavy atom. The fourth-order valence-electron chi connectivity index (χ4n) is 2.81. The lowest BCUT2D eigenvalue weighted by atomic mass is 10.2. The van der Waals surface area contributed by atoms with Gasteiger partial charge in [-0.15, -0.1) is 0 Å². The maximum absolute atomic E-state index is 12.8. The smallest absolute Gasteiger partial charge is 0.262 e. The van der Waals surface area contributed by atoms with E-state index in [2.05, 4.69) is 5.32 Å². The number of amides is 1. The normalized spacial score (nSPS) is 11.3. The number of rotatable bonds is 10. The van der Waals surface area contributed by atoms with Crippen LogP contribution in [0.1, 0.15) is 26.3 Å². The van der Waals surface area contributed by atoms with Gasteiger partial charge in [-0.1, -0.05) is 32.0 Å². The molecule has 0 saturated carbocycles. The lowest BCUT2D eigenvalue weighted by Crippen LogP contribution is -2.30. The van der Waals surface area contributed by atoms with Gasteiger partial charge in [0.25, 0.3) is 5.91 Å². The second-order valence-corrected chi connectivity index (χ2v) is 8.22. The number of hydrogen-bond donors (Lipinski definition) is 1. The molecule has 0 saturated heterocycles. The largest absolute Gasteiger partial charge is 0.492 e. The zero-order valence-electron chi connectivity index (χ0n) is 17.3. The molecule has 0 bridgehead atoms. The Morgan fingerprint density at radius 1 is 1.00 bits per heavy atom. The number of nitrogens with zero attached hydrogens (tertiary/aromatic N) is 1. The predicted molar refractivity (Wildman–Crippen MR) is 113 cm³/mol. The van der Waals surface area contributed by atoms with Crippen LogP contribution in [0.4, 0.5) is 5.69 Å². The van der Waals surface area contributed by atoms with Crippen LogP contribution in [0.5, 0.6) is 11.5 Å². The number of benzene rings is 2. The maximum Gasteiger partial charge on any atom is 0.262 e. The average Bonchev–Trinajstić information content (AvgIpc) is 2.69. The second-order valence-electron chi connectivity index (χ2n) is 6.28. The van der Waals surface area contributed by atoms with Crippen molar-refractivity contribution in [3.8, 4) is 11.5 Å². The van der Waals surface area contributed by atoms with E-state index >= 15 is 0 Å². The third-order valence-electron chi connectivity index (χ3n) is 4.32. The molecule has 0 atom stereocenters. The number of nitrogens with one attached hydrogen (secondary N) is 1. The molecular formula is C21H28N2O5S. The van der Waals surface area contributed by atoms with Crippen molar-refractivity contribution in [2.24, 2.45) is 0 Å². The number of para-hydroxylation sites is 1. The van der Waals surface area contributed by atoms with Crippen LogP contribution in [-0.2, 0) is 14.8 Å². The van der Waals surface area contributed by atoms with E-state index in [1.54, 1.807) is 26.0 Å². The van der Waals surface area contributed by atoms with Gasteiger partial charge in [0.2, 0.25) is 10.0 Å². The summed E-state index contributed by atoms with van der Waals surface area (Å²) in [6.45, 7) is 8.15. The molecule has 0 spiro atoms. The Kier molecular flexibility index (Phi) is 8.04. The fourth-order valence-corrected chi connectivity index (χ4v) is 4.29. The van der Waals surface area contributed by atoms with Crippen molar-refractivity contribution < 1.29 is 22.7 Å². The molecule has 1 amide bonds. The van der Waals surface area contributed by atoms with Gasteiger partial charge in [0, 0.05) is 13.1 Å². The van der Waals surface area contributed by atoms with E-state index in [1.165, 1.54) is 16.4 Å². The van der Waals surface area contributed by atoms with Crippen LogP contribution in [-0.4, -0.2) is 44.9 Å². The van der Waals surface area contributed by atoms with Crippen molar-refractivity contribution in [3.05, 3.63) is 48.0 Å². The predicted octanol–water partition coefficient (Wildman–Crippen LogP) is 3.44. The Bertz CT molecular complexity index is 940. The zero-order chi connectivity index (χ0) is 21.4. The van der Waals surface area contributed by atoms with Crippen molar-refractivity contribution in [2.45, 2.75) is 32.6 Å². The molecule has 7 nitrogen and oxygen atoms in total. The zero-order valence-corrected chi connectivity index (χ0v) is 18.1. The summed E-state index contributed by atoms with van der Waals surface area (Å²) >= 11 is 0.